The molecule has 3 rings (SSSR count). The molecule has 0 unspecified atom stereocenters. The van der Waals surface area contributed by atoms with Crippen LogP contribution in [0, 0.1) is 0 Å². The van der Waals surface area contributed by atoms with E-state index in [-0.39, 0.29) is 29.6 Å². The molecule has 3 aromatic rings. The van der Waals surface area contributed by atoms with Gasteiger partial charge in [0.15, 0.2) is 10.9 Å². The van der Waals surface area contributed by atoms with E-state index in [0.717, 1.165) is 5.56 Å². The van der Waals surface area contributed by atoms with Crippen molar-refractivity contribution in [2.24, 2.45) is 0 Å². The lowest BCUT2D eigenvalue weighted by Crippen LogP contribution is -2.28. The molecule has 0 bridgehead atoms. The molecule has 7 nitrogen and oxygen atoms in total. The van der Waals surface area contributed by atoms with Crippen LogP contribution in [0.15, 0.2) is 58.8 Å². The van der Waals surface area contributed by atoms with Crippen LogP contribution in [0.3, 0.4) is 0 Å². The smallest absolute Gasteiger partial charge is 0.242 e. The number of hydrogen-bond acceptors (Lipinski definition) is 6. The molecule has 0 aliphatic carbocycles. The van der Waals surface area contributed by atoms with Crippen LogP contribution in [0.2, 0.25) is 5.02 Å². The predicted molar refractivity (Wildman–Crippen MR) is 127 cm³/mol. The van der Waals surface area contributed by atoms with E-state index in [1.54, 1.807) is 6.07 Å². The molecule has 0 saturated carbocycles. The van der Waals surface area contributed by atoms with Gasteiger partial charge in [-0.15, -0.1) is 11.3 Å². The number of benzene rings is 2. The molecule has 0 aliphatic rings. The van der Waals surface area contributed by atoms with E-state index in [4.69, 9.17) is 11.6 Å². The van der Waals surface area contributed by atoms with E-state index in [2.05, 4.69) is 10.3 Å². The summed E-state index contributed by atoms with van der Waals surface area (Å²) in [5.41, 5.74) is 1.91. The van der Waals surface area contributed by atoms with Gasteiger partial charge in [-0.25, -0.2) is 17.7 Å². The molecule has 10 heteroatoms. The number of thiazole rings is 1. The first-order valence-corrected chi connectivity index (χ1v) is 12.5. The number of anilines is 1. The highest BCUT2D eigenvalue weighted by Gasteiger charge is 2.21. The number of ketones is 1. The van der Waals surface area contributed by atoms with Gasteiger partial charge < -0.3 is 5.32 Å². The SMILES string of the molecule is CC(=O)c1ccc(S(=O)(=O)N(C)CCCC(=O)Nc2nc(-c3ccccc3Cl)cs2)cc1. The summed E-state index contributed by atoms with van der Waals surface area (Å²) in [5.74, 6) is -0.380. The fraction of sp³-hybridized carbons (Fsp3) is 0.227. The van der Waals surface area contributed by atoms with Gasteiger partial charge in [-0.05, 0) is 31.5 Å². The van der Waals surface area contributed by atoms with Gasteiger partial charge in [0.25, 0.3) is 0 Å². The van der Waals surface area contributed by atoms with Gasteiger partial charge in [0.05, 0.1) is 10.6 Å². The largest absolute Gasteiger partial charge is 0.302 e. The number of sulfonamides is 1. The van der Waals surface area contributed by atoms with Crippen molar-refractivity contribution in [3.63, 3.8) is 0 Å². The lowest BCUT2D eigenvalue weighted by atomic mass is 10.2. The quantitative estimate of drug-likeness (QED) is 0.437. The molecule has 1 heterocycles. The fourth-order valence-electron chi connectivity index (χ4n) is 2.93. The zero-order chi connectivity index (χ0) is 23.3. The summed E-state index contributed by atoms with van der Waals surface area (Å²) in [5, 5.41) is 5.59. The highest BCUT2D eigenvalue weighted by molar-refractivity contribution is 7.89. The predicted octanol–water partition coefficient (Wildman–Crippen LogP) is 4.71. The van der Waals surface area contributed by atoms with Gasteiger partial charge in [0.2, 0.25) is 15.9 Å². The maximum atomic E-state index is 12.7. The Kier molecular flexibility index (Phi) is 7.78. The maximum absolute atomic E-state index is 12.7. The van der Waals surface area contributed by atoms with Crippen LogP contribution >= 0.6 is 22.9 Å². The molecule has 32 heavy (non-hydrogen) atoms. The van der Waals surface area contributed by atoms with Crippen LogP contribution < -0.4 is 5.32 Å². The number of carbonyl (C=O) groups excluding carboxylic acids is 2. The Balaban J connectivity index is 1.52. The number of nitrogens with one attached hydrogen (secondary N) is 1. The second-order valence-electron chi connectivity index (χ2n) is 7.08. The molecule has 2 aromatic carbocycles. The Morgan fingerprint density at radius 2 is 1.81 bits per heavy atom. The first-order chi connectivity index (χ1) is 15.2. The number of Topliss-reactive ketones (excluding diaryl/α,β-unsaturated/α-hetero) is 1. The van der Waals surface area contributed by atoms with Gasteiger partial charge in [0, 0.05) is 41.5 Å². The third-order valence-corrected chi connectivity index (χ3v) is 7.70. The Bertz CT molecular complexity index is 1220. The van der Waals surface area contributed by atoms with Gasteiger partial charge in [-0.1, -0.05) is 41.9 Å². The molecular formula is C22H22ClN3O4S2. The average Bonchev–Trinajstić information content (AvgIpc) is 3.22. The number of rotatable bonds is 9. The molecule has 0 aliphatic heterocycles. The molecule has 0 fully saturated rings. The molecule has 1 N–H and O–H groups in total. The van der Waals surface area contributed by atoms with Crippen molar-refractivity contribution >= 4 is 49.8 Å². The van der Waals surface area contributed by atoms with Crippen LogP contribution in [0.4, 0.5) is 5.13 Å². The monoisotopic (exact) mass is 491 g/mol. The molecule has 0 saturated heterocycles. The zero-order valence-corrected chi connectivity index (χ0v) is 19.9. The fourth-order valence-corrected chi connectivity index (χ4v) is 5.10. The van der Waals surface area contributed by atoms with Gasteiger partial charge >= 0.3 is 0 Å². The van der Waals surface area contributed by atoms with E-state index in [9.17, 15) is 18.0 Å². The highest BCUT2D eigenvalue weighted by atomic mass is 35.5. The van der Waals surface area contributed by atoms with Crippen LogP contribution in [0.5, 0.6) is 0 Å². The lowest BCUT2D eigenvalue weighted by Gasteiger charge is -2.17. The van der Waals surface area contributed by atoms with Crippen molar-refractivity contribution in [2.75, 3.05) is 18.9 Å². The molecular weight excluding hydrogens is 470 g/mol. The van der Waals surface area contributed by atoms with Crippen molar-refractivity contribution in [2.45, 2.75) is 24.7 Å². The second-order valence-corrected chi connectivity index (χ2v) is 10.4. The molecule has 0 atom stereocenters. The van der Waals surface area contributed by atoms with Gasteiger partial charge in [-0.2, -0.15) is 0 Å². The first kappa shape index (κ1) is 24.1. The summed E-state index contributed by atoms with van der Waals surface area (Å²) >= 11 is 7.48. The summed E-state index contributed by atoms with van der Waals surface area (Å²) in [6.07, 6.45) is 0.486. The van der Waals surface area contributed by atoms with E-state index in [1.807, 2.05) is 23.6 Å². The maximum Gasteiger partial charge on any atom is 0.242 e. The number of halogens is 1. The Hall–Kier alpha value is -2.59. The number of aromatic nitrogens is 1. The number of hydrogen-bond donors (Lipinski definition) is 1. The first-order valence-electron chi connectivity index (χ1n) is 9.76. The number of amides is 1. The van der Waals surface area contributed by atoms with E-state index in [0.29, 0.717) is 27.8 Å². The average molecular weight is 492 g/mol. The lowest BCUT2D eigenvalue weighted by molar-refractivity contribution is -0.116. The van der Waals surface area contributed by atoms with Gasteiger partial charge in [0.1, 0.15) is 0 Å². The van der Waals surface area contributed by atoms with Crippen LogP contribution in [-0.4, -0.2) is 43.0 Å². The highest BCUT2D eigenvalue weighted by Crippen LogP contribution is 2.30. The topological polar surface area (TPSA) is 96.4 Å². The van der Waals surface area contributed by atoms with Crippen LogP contribution in [0.1, 0.15) is 30.1 Å². The van der Waals surface area contributed by atoms with Crippen molar-refractivity contribution in [3.05, 3.63) is 64.5 Å². The van der Waals surface area contributed by atoms with Crippen LogP contribution in [-0.2, 0) is 14.8 Å². The van der Waals surface area contributed by atoms with Crippen LogP contribution in [0.25, 0.3) is 11.3 Å². The summed E-state index contributed by atoms with van der Waals surface area (Å²) < 4.78 is 26.5. The van der Waals surface area contributed by atoms with E-state index >= 15 is 0 Å². The van der Waals surface area contributed by atoms with E-state index < -0.39 is 10.0 Å². The molecule has 1 amide bonds. The Morgan fingerprint density at radius 3 is 2.47 bits per heavy atom. The van der Waals surface area contributed by atoms with Crippen molar-refractivity contribution in [1.82, 2.24) is 9.29 Å². The van der Waals surface area contributed by atoms with Crippen molar-refractivity contribution in [3.8, 4) is 11.3 Å². The normalized spacial score (nSPS) is 11.5. The molecule has 168 valence electrons. The summed E-state index contributed by atoms with van der Waals surface area (Å²) in [6.45, 7) is 1.59. The van der Waals surface area contributed by atoms with Crippen molar-refractivity contribution in [1.29, 1.82) is 0 Å². The third-order valence-electron chi connectivity index (χ3n) is 4.75. The standard InChI is InChI=1S/C22H22ClN3O4S2/c1-15(27)16-9-11-17(12-10-16)32(29,30)26(2)13-5-8-21(28)25-22-24-20(14-31-22)18-6-3-4-7-19(18)23/h3-4,6-7,9-12,14H,5,8,13H2,1-2H3,(H,24,25,28). The molecule has 1 aromatic heterocycles. The summed E-state index contributed by atoms with van der Waals surface area (Å²) in [6, 6.07) is 13.1. The van der Waals surface area contributed by atoms with E-state index in [1.165, 1.54) is 53.9 Å². The minimum absolute atomic E-state index is 0.101. The third kappa shape index (κ3) is 5.80. The minimum Gasteiger partial charge on any atom is -0.302 e. The number of nitrogens with zero attached hydrogens (tertiary/aromatic N) is 2. The Morgan fingerprint density at radius 1 is 1.12 bits per heavy atom. The Labute approximate surface area is 196 Å². The molecule has 0 radical (unpaired) electrons. The van der Waals surface area contributed by atoms with Crippen molar-refractivity contribution < 1.29 is 18.0 Å². The second kappa shape index (κ2) is 10.4. The van der Waals surface area contributed by atoms with Gasteiger partial charge in [-0.3, -0.25) is 9.59 Å². The zero-order valence-electron chi connectivity index (χ0n) is 17.5. The minimum atomic E-state index is -3.70. The number of carbonyl (C=O) groups is 2. The summed E-state index contributed by atoms with van der Waals surface area (Å²) in [7, 11) is -2.24. The summed E-state index contributed by atoms with van der Waals surface area (Å²) in [4.78, 5) is 28.1. The molecule has 0 spiro atoms.